The standard InChI is InChI=1S/C27H24F4N8O/c1-25(2,12-32)21-19(28)5-6-20(36-21)39-22-17(23(40)38(39)14-27(29,30)31)11-34-24(37-22)35-16-3-4-18-15(9-16)10-33-13-26(18)7-8-26/h3-6,9,11,33H,7-8,10,13-14H2,1-2H3,(H,34,35,37). The monoisotopic (exact) mass is 552 g/mol. The van der Waals surface area contributed by atoms with Crippen LogP contribution in [0.3, 0.4) is 0 Å². The van der Waals surface area contributed by atoms with Gasteiger partial charge in [-0.2, -0.15) is 23.4 Å². The third-order valence-corrected chi connectivity index (χ3v) is 7.49. The maximum Gasteiger partial charge on any atom is 0.408 e. The zero-order valence-electron chi connectivity index (χ0n) is 21.6. The van der Waals surface area contributed by atoms with E-state index >= 15 is 0 Å². The Morgan fingerprint density at radius 2 is 1.95 bits per heavy atom. The van der Waals surface area contributed by atoms with Crippen molar-refractivity contribution in [2.45, 2.75) is 56.8 Å². The van der Waals surface area contributed by atoms with Crippen molar-refractivity contribution < 1.29 is 17.6 Å². The van der Waals surface area contributed by atoms with Crippen LogP contribution >= 0.6 is 0 Å². The van der Waals surface area contributed by atoms with Gasteiger partial charge in [-0.15, -0.1) is 0 Å². The van der Waals surface area contributed by atoms with Crippen LogP contribution in [0.25, 0.3) is 16.9 Å². The van der Waals surface area contributed by atoms with Crippen molar-refractivity contribution >= 4 is 22.7 Å². The number of anilines is 2. The largest absolute Gasteiger partial charge is 0.408 e. The molecule has 6 rings (SSSR count). The number of benzene rings is 1. The van der Waals surface area contributed by atoms with Crippen LogP contribution in [0.5, 0.6) is 0 Å². The SMILES string of the molecule is CC(C)(C#N)c1nc(-n2c3nc(Nc4ccc5c(c4)CNCC54CC4)ncc3c(=O)n2CC(F)(F)F)ccc1F. The molecule has 1 aromatic carbocycles. The number of nitrogens with zero attached hydrogens (tertiary/aromatic N) is 6. The molecule has 0 amide bonds. The first-order valence-electron chi connectivity index (χ1n) is 12.7. The fourth-order valence-corrected chi connectivity index (χ4v) is 5.27. The molecule has 206 valence electrons. The van der Waals surface area contributed by atoms with E-state index in [0.29, 0.717) is 16.9 Å². The van der Waals surface area contributed by atoms with Gasteiger partial charge in [0.2, 0.25) is 5.95 Å². The topological polar surface area (TPSA) is 113 Å². The second kappa shape index (κ2) is 8.85. The van der Waals surface area contributed by atoms with Crippen molar-refractivity contribution in [1.29, 1.82) is 5.26 Å². The van der Waals surface area contributed by atoms with E-state index in [-0.39, 0.29) is 33.9 Å². The van der Waals surface area contributed by atoms with E-state index in [1.165, 1.54) is 19.4 Å². The lowest BCUT2D eigenvalue weighted by Gasteiger charge is -2.26. The molecule has 1 saturated carbocycles. The van der Waals surface area contributed by atoms with Crippen LogP contribution in [0.1, 0.15) is 43.5 Å². The summed E-state index contributed by atoms with van der Waals surface area (Å²) in [6, 6.07) is 10.0. The van der Waals surface area contributed by atoms with E-state index in [1.54, 1.807) is 0 Å². The molecule has 1 aliphatic carbocycles. The fraction of sp³-hybridized carbons (Fsp3) is 0.370. The van der Waals surface area contributed by atoms with Gasteiger partial charge in [0.05, 0.1) is 17.2 Å². The Labute approximate surface area is 225 Å². The lowest BCUT2D eigenvalue weighted by atomic mass is 9.88. The molecular weight excluding hydrogens is 528 g/mol. The van der Waals surface area contributed by atoms with Gasteiger partial charge >= 0.3 is 6.18 Å². The maximum absolute atomic E-state index is 14.6. The molecule has 4 heterocycles. The third-order valence-electron chi connectivity index (χ3n) is 7.49. The summed E-state index contributed by atoms with van der Waals surface area (Å²) in [5, 5.41) is 15.8. The van der Waals surface area contributed by atoms with E-state index in [1.807, 2.05) is 18.2 Å². The molecule has 0 atom stereocenters. The van der Waals surface area contributed by atoms with Gasteiger partial charge in [-0.05, 0) is 62.1 Å². The number of halogens is 4. The van der Waals surface area contributed by atoms with Crippen molar-refractivity contribution in [3.8, 4) is 11.9 Å². The summed E-state index contributed by atoms with van der Waals surface area (Å²) in [5.41, 5.74) is 0.531. The van der Waals surface area contributed by atoms with Crippen molar-refractivity contribution in [3.05, 3.63) is 69.5 Å². The molecule has 2 N–H and O–H groups in total. The molecule has 13 heteroatoms. The number of hydrogen-bond donors (Lipinski definition) is 2. The second-order valence-corrected chi connectivity index (χ2v) is 10.8. The van der Waals surface area contributed by atoms with Gasteiger partial charge in [0.25, 0.3) is 5.56 Å². The fourth-order valence-electron chi connectivity index (χ4n) is 5.27. The zero-order chi connectivity index (χ0) is 28.4. The van der Waals surface area contributed by atoms with E-state index in [9.17, 15) is 27.6 Å². The smallest absolute Gasteiger partial charge is 0.324 e. The molecular formula is C27H24F4N8O. The van der Waals surface area contributed by atoms with Crippen LogP contribution in [0.2, 0.25) is 0 Å². The summed E-state index contributed by atoms with van der Waals surface area (Å²) in [5.74, 6) is -0.950. The normalized spacial score (nSPS) is 16.1. The van der Waals surface area contributed by atoms with Crippen molar-refractivity contribution in [3.63, 3.8) is 0 Å². The Morgan fingerprint density at radius 3 is 2.65 bits per heavy atom. The average molecular weight is 553 g/mol. The minimum Gasteiger partial charge on any atom is -0.324 e. The molecule has 0 unspecified atom stereocenters. The molecule has 0 radical (unpaired) electrons. The molecule has 9 nitrogen and oxygen atoms in total. The lowest BCUT2D eigenvalue weighted by Crippen LogP contribution is -2.33. The Balaban J connectivity index is 1.47. The van der Waals surface area contributed by atoms with Gasteiger partial charge in [-0.25, -0.2) is 23.7 Å². The molecule has 1 aliphatic heterocycles. The quantitative estimate of drug-likeness (QED) is 0.354. The summed E-state index contributed by atoms with van der Waals surface area (Å²) in [4.78, 5) is 25.8. The highest BCUT2D eigenvalue weighted by Crippen LogP contribution is 2.50. The first-order chi connectivity index (χ1) is 18.9. The molecule has 1 fully saturated rings. The average Bonchev–Trinajstić information content (AvgIpc) is 3.62. The third kappa shape index (κ3) is 4.38. The number of aromatic nitrogens is 5. The number of nitriles is 1. The summed E-state index contributed by atoms with van der Waals surface area (Å²) in [7, 11) is 0. The zero-order valence-corrected chi connectivity index (χ0v) is 21.6. The van der Waals surface area contributed by atoms with Crippen molar-refractivity contribution in [2.24, 2.45) is 0 Å². The summed E-state index contributed by atoms with van der Waals surface area (Å²) in [6.45, 7) is 2.89. The molecule has 2 aliphatic rings. The first kappa shape index (κ1) is 25.9. The van der Waals surface area contributed by atoms with Gasteiger partial charge < -0.3 is 10.6 Å². The van der Waals surface area contributed by atoms with Gasteiger partial charge in [0.15, 0.2) is 11.5 Å². The van der Waals surface area contributed by atoms with E-state index in [2.05, 4.69) is 31.7 Å². The lowest BCUT2D eigenvalue weighted by molar-refractivity contribution is -0.144. The van der Waals surface area contributed by atoms with E-state index in [0.717, 1.165) is 48.0 Å². The number of rotatable bonds is 5. The van der Waals surface area contributed by atoms with Crippen molar-refractivity contribution in [1.82, 2.24) is 29.6 Å². The Morgan fingerprint density at radius 1 is 1.18 bits per heavy atom. The highest BCUT2D eigenvalue weighted by molar-refractivity contribution is 5.77. The number of nitrogens with one attached hydrogen (secondary N) is 2. The molecule has 0 saturated heterocycles. The predicted molar refractivity (Wildman–Crippen MR) is 138 cm³/mol. The van der Waals surface area contributed by atoms with Gasteiger partial charge in [-0.3, -0.25) is 4.79 Å². The first-order valence-corrected chi connectivity index (χ1v) is 12.7. The summed E-state index contributed by atoms with van der Waals surface area (Å²) < 4.78 is 56.6. The minimum absolute atomic E-state index is 0.0509. The van der Waals surface area contributed by atoms with Crippen LogP contribution in [0, 0.1) is 17.1 Å². The van der Waals surface area contributed by atoms with Crippen LogP contribution in [0.4, 0.5) is 29.2 Å². The van der Waals surface area contributed by atoms with Crippen LogP contribution in [0.15, 0.2) is 41.3 Å². The Hall–Kier alpha value is -4.31. The number of fused-ring (bicyclic) bond motifs is 3. The molecule has 40 heavy (non-hydrogen) atoms. The molecule has 3 aromatic heterocycles. The van der Waals surface area contributed by atoms with Gasteiger partial charge in [0, 0.05) is 30.4 Å². The van der Waals surface area contributed by atoms with Gasteiger partial charge in [0.1, 0.15) is 17.7 Å². The van der Waals surface area contributed by atoms with Crippen LogP contribution < -0.4 is 16.2 Å². The molecule has 0 bridgehead atoms. The van der Waals surface area contributed by atoms with Crippen molar-refractivity contribution in [2.75, 3.05) is 11.9 Å². The summed E-state index contributed by atoms with van der Waals surface area (Å²) in [6.07, 6.45) is -1.33. The van der Waals surface area contributed by atoms with Crippen LogP contribution in [-0.2, 0) is 23.9 Å². The highest BCUT2D eigenvalue weighted by Gasteiger charge is 2.46. The maximum atomic E-state index is 14.6. The Bertz CT molecular complexity index is 1760. The minimum atomic E-state index is -4.75. The summed E-state index contributed by atoms with van der Waals surface area (Å²) >= 11 is 0. The number of pyridine rings is 1. The molecule has 4 aromatic rings. The van der Waals surface area contributed by atoms with Gasteiger partial charge in [-0.1, -0.05) is 6.07 Å². The predicted octanol–water partition coefficient (Wildman–Crippen LogP) is 4.36. The number of alkyl halides is 3. The van der Waals surface area contributed by atoms with E-state index < -0.39 is 29.5 Å². The Kier molecular flexibility index (Phi) is 5.74. The van der Waals surface area contributed by atoms with Crippen LogP contribution in [-0.4, -0.2) is 37.0 Å². The highest BCUT2D eigenvalue weighted by atomic mass is 19.4. The number of hydrogen-bond acceptors (Lipinski definition) is 7. The second-order valence-electron chi connectivity index (χ2n) is 10.8. The molecule has 1 spiro atoms. The van der Waals surface area contributed by atoms with E-state index in [4.69, 9.17) is 0 Å².